The molecule has 0 atom stereocenters. The van der Waals surface area contributed by atoms with Gasteiger partial charge in [-0.25, -0.2) is 31.8 Å². The van der Waals surface area contributed by atoms with Gasteiger partial charge in [0.25, 0.3) is 0 Å². The Hall–Kier alpha value is -11.8. The first kappa shape index (κ1) is 86.7. The Morgan fingerprint density at radius 2 is 0.948 bits per heavy atom. The maximum atomic E-state index is 12.0. The molecule has 12 aromatic rings. The Morgan fingerprint density at radius 3 is 1.49 bits per heavy atom. The summed E-state index contributed by atoms with van der Waals surface area (Å²) in [4.78, 5) is 30.5. The second-order valence-corrected chi connectivity index (χ2v) is 33.8. The van der Waals surface area contributed by atoms with E-state index in [1.54, 1.807) is 12.1 Å². The van der Waals surface area contributed by atoms with Crippen LogP contribution in [0.15, 0.2) is 194 Å². The largest absolute Gasteiger partial charge is 0.508 e. The molecule has 3 heterocycles. The highest BCUT2D eigenvalue weighted by atomic mass is 32.2. The van der Waals surface area contributed by atoms with Crippen LogP contribution in [-0.2, 0) is 39.3 Å². The summed E-state index contributed by atoms with van der Waals surface area (Å²) in [7, 11) is 4.53. The van der Waals surface area contributed by atoms with E-state index in [4.69, 9.17) is 15.0 Å². The molecule has 116 heavy (non-hydrogen) atoms. The minimum Gasteiger partial charge on any atom is -0.508 e. The number of rotatable bonds is 33. The first-order valence-corrected chi connectivity index (χ1v) is 43.7. The standard InChI is InChI=1S/C37H49N3O2.C29H32N4O.C28H33N5O5S2/c1-4-7-8-9-10-11-12-13-14-18-21-34-36(29-22-24-30(25-23-29)39(5-2)6-3)40(31-19-16-15-17-20-31)37(38-34)33-27-26-32(41)28-35(33)42;1-19-17-23(18-20(2)28(19)34)29-30-26(16-9-21-7-12-24(13-8-21)32(3)4)27(31-29)22-10-14-25(15-11-22)33(5)6;1-18-15-21(33(2)3)12-13-22(18)26-23(14-11-19-9-7-6-8-10-19)29-28(30-26)20-16-24(31-39(4,35)36)27(34)25(17-20)32-40(5,37)38/h15-17,19-20,22-28,41-42H,4-14,18,21H2,1-3H3;7-18,34H,1-6H3,(H,30,31);6-10,12-13,15-17,31-32,34H,11,14H2,1-5H3,(H,29,30)/b;16-9+;. The highest BCUT2D eigenvalue weighted by Crippen LogP contribution is 2.43. The van der Waals surface area contributed by atoms with Gasteiger partial charge in [-0.05, 0) is 191 Å². The van der Waals surface area contributed by atoms with Crippen LogP contribution >= 0.6 is 0 Å². The van der Waals surface area contributed by atoms with E-state index < -0.39 is 25.8 Å². The predicted molar refractivity (Wildman–Crippen MR) is 482 cm³/mol. The zero-order valence-corrected chi connectivity index (χ0v) is 71.2. The fourth-order valence-corrected chi connectivity index (χ4v) is 15.3. The van der Waals surface area contributed by atoms with Crippen molar-refractivity contribution in [2.75, 3.05) is 96.9 Å². The summed E-state index contributed by atoms with van der Waals surface area (Å²) in [6.07, 6.45) is 21.2. The number of aryl methyl sites for hydroxylation is 6. The topological polar surface area (TPSA) is 261 Å². The molecule has 8 N–H and O–H groups in total. The molecular weight excluding hydrogens is 1490 g/mol. The summed E-state index contributed by atoms with van der Waals surface area (Å²) in [6.45, 7) is 14.4. The van der Waals surface area contributed by atoms with Crippen LogP contribution < -0.4 is 29.0 Å². The maximum Gasteiger partial charge on any atom is 0.229 e. The van der Waals surface area contributed by atoms with Crippen LogP contribution in [0.5, 0.6) is 23.0 Å². The van der Waals surface area contributed by atoms with Crippen molar-refractivity contribution in [3.05, 3.63) is 239 Å². The number of anilines is 6. The van der Waals surface area contributed by atoms with Crippen LogP contribution in [0.1, 0.15) is 130 Å². The number of phenols is 4. The fraction of sp³-hybridized carbons (Fsp3) is 0.309. The van der Waals surface area contributed by atoms with Crippen LogP contribution in [0, 0.1) is 20.8 Å². The quantitative estimate of drug-likeness (QED) is 0.0140. The number of hydrogen-bond acceptors (Lipinski definition) is 15. The third kappa shape index (κ3) is 23.3. The SMILES string of the molecule is CCCCCCCCCCCCc1nc(-c2ccc(O)cc2O)n(-c2ccccc2)c1-c1ccc(N(CC)CC)cc1.Cc1cc(-c2nc(-c3ccc(N(C)C)cc3)c(/C=C/c3ccc(N(C)C)cc3)[nH]2)cc(C)c1O.Cc1cc(N(C)C)ccc1-c1nc(-c2cc(NS(C)(=O)=O)c(O)c(NS(C)(=O)=O)c2)[nH]c1CCc1ccccc1. The summed E-state index contributed by atoms with van der Waals surface area (Å²) in [5.74, 6) is 1.69. The van der Waals surface area contributed by atoms with E-state index in [0.29, 0.717) is 34.9 Å². The van der Waals surface area contributed by atoms with Crippen molar-refractivity contribution < 1.29 is 37.3 Å². The third-order valence-corrected chi connectivity index (χ3v) is 21.7. The molecule has 0 unspecified atom stereocenters. The van der Waals surface area contributed by atoms with Gasteiger partial charge in [0.1, 0.15) is 34.7 Å². The summed E-state index contributed by atoms with van der Waals surface area (Å²) < 4.78 is 54.6. The number of H-pyrrole nitrogens is 2. The molecule has 0 fully saturated rings. The molecule has 0 bridgehead atoms. The number of benzene rings is 9. The zero-order chi connectivity index (χ0) is 83.4. The van der Waals surface area contributed by atoms with E-state index in [1.165, 1.54) is 87.4 Å². The number of nitrogens with one attached hydrogen (secondary N) is 4. The highest BCUT2D eigenvalue weighted by Gasteiger charge is 2.26. The van der Waals surface area contributed by atoms with Gasteiger partial charge in [0.15, 0.2) is 5.75 Å². The average Bonchev–Trinajstić information content (AvgIpc) is 1.60. The number of aromatic amines is 2. The van der Waals surface area contributed by atoms with E-state index in [0.717, 1.165) is 152 Å². The lowest BCUT2D eigenvalue weighted by molar-refractivity contribution is 0.451. The normalized spacial score (nSPS) is 11.4. The second kappa shape index (κ2) is 40.0. The van der Waals surface area contributed by atoms with E-state index >= 15 is 0 Å². The molecule has 9 aromatic carbocycles. The van der Waals surface area contributed by atoms with Gasteiger partial charge in [-0.2, -0.15) is 0 Å². The lowest BCUT2D eigenvalue weighted by Gasteiger charge is -2.21. The van der Waals surface area contributed by atoms with Crippen molar-refractivity contribution in [3.8, 4) is 96.6 Å². The number of sulfonamides is 2. The molecule has 0 aliphatic carbocycles. The Bertz CT molecular complexity index is 5430. The third-order valence-electron chi connectivity index (χ3n) is 20.5. The molecule has 0 aliphatic heterocycles. The van der Waals surface area contributed by atoms with Gasteiger partial charge in [0, 0.05) is 123 Å². The maximum absolute atomic E-state index is 12.0. The average molecular weight is 1600 g/mol. The van der Waals surface area contributed by atoms with Crippen LogP contribution in [-0.4, -0.2) is 135 Å². The molecule has 22 heteroatoms. The minimum atomic E-state index is -3.78. The van der Waals surface area contributed by atoms with Crippen molar-refractivity contribution in [1.82, 2.24) is 29.5 Å². The van der Waals surface area contributed by atoms with Crippen LogP contribution in [0.3, 0.4) is 0 Å². The Morgan fingerprint density at radius 1 is 0.448 bits per heavy atom. The number of aromatic hydroxyl groups is 4. The minimum absolute atomic E-state index is 0.0195. The van der Waals surface area contributed by atoms with Gasteiger partial charge in [-0.15, -0.1) is 0 Å². The van der Waals surface area contributed by atoms with E-state index in [-0.39, 0.29) is 22.9 Å². The smallest absolute Gasteiger partial charge is 0.229 e. The molecule has 12 rings (SSSR count). The number of phenolic OH excluding ortho intramolecular Hbond substituents is 4. The number of nitrogens with zero attached hydrogens (tertiary/aromatic N) is 8. The van der Waals surface area contributed by atoms with Crippen LogP contribution in [0.2, 0.25) is 0 Å². The summed E-state index contributed by atoms with van der Waals surface area (Å²) in [6, 6.07) is 63.6. The van der Waals surface area contributed by atoms with Gasteiger partial charge in [0.2, 0.25) is 20.0 Å². The molecule has 0 spiro atoms. The number of aromatic nitrogens is 6. The lowest BCUT2D eigenvalue weighted by atomic mass is 10.0. The Kier molecular flexibility index (Phi) is 29.9. The van der Waals surface area contributed by atoms with Gasteiger partial charge >= 0.3 is 0 Å². The van der Waals surface area contributed by atoms with Crippen molar-refractivity contribution in [3.63, 3.8) is 0 Å². The van der Waals surface area contributed by atoms with Crippen molar-refractivity contribution in [2.45, 2.75) is 125 Å². The van der Waals surface area contributed by atoms with Gasteiger partial charge in [-0.3, -0.25) is 14.0 Å². The first-order valence-electron chi connectivity index (χ1n) is 39.9. The van der Waals surface area contributed by atoms with E-state index in [2.05, 4.69) is 175 Å². The molecule has 0 aliphatic rings. The molecule has 0 amide bonds. The fourth-order valence-electron chi connectivity index (χ4n) is 14.2. The van der Waals surface area contributed by atoms with Gasteiger partial charge < -0.3 is 50.0 Å². The van der Waals surface area contributed by atoms with Crippen LogP contribution in [0.4, 0.5) is 34.1 Å². The number of para-hydroxylation sites is 1. The molecule has 0 saturated carbocycles. The summed E-state index contributed by atoms with van der Waals surface area (Å²) in [5.41, 5.74) is 20.7. The molecule has 0 radical (unpaired) electrons. The summed E-state index contributed by atoms with van der Waals surface area (Å²) in [5, 5.41) is 41.7. The second-order valence-electron chi connectivity index (χ2n) is 30.3. The van der Waals surface area contributed by atoms with Crippen molar-refractivity contribution in [1.29, 1.82) is 0 Å². The Labute approximate surface area is 686 Å². The molecule has 3 aromatic heterocycles. The number of hydrogen-bond donors (Lipinski definition) is 8. The zero-order valence-electron chi connectivity index (χ0n) is 69.6. The van der Waals surface area contributed by atoms with Crippen molar-refractivity contribution >= 4 is 66.3 Å². The monoisotopic (exact) mass is 1600 g/mol. The highest BCUT2D eigenvalue weighted by molar-refractivity contribution is 7.92. The predicted octanol–water partition coefficient (Wildman–Crippen LogP) is 20.6. The first-order chi connectivity index (χ1) is 55.5. The molecule has 0 saturated heterocycles. The number of imidazole rings is 3. The van der Waals surface area contributed by atoms with Crippen molar-refractivity contribution in [2.24, 2.45) is 0 Å². The van der Waals surface area contributed by atoms with Gasteiger partial charge in [-0.1, -0.05) is 162 Å². The van der Waals surface area contributed by atoms with E-state index in [9.17, 15) is 37.3 Å². The molecule has 20 nitrogen and oxygen atoms in total. The van der Waals surface area contributed by atoms with E-state index in [1.807, 2.05) is 129 Å². The molecular formula is C94H114N12O8S2. The van der Waals surface area contributed by atoms with Crippen LogP contribution in [0.25, 0.3) is 85.8 Å². The summed E-state index contributed by atoms with van der Waals surface area (Å²) >= 11 is 0. The molecule has 610 valence electrons. The Balaban J connectivity index is 0.000000185. The lowest BCUT2D eigenvalue weighted by Crippen LogP contribution is -2.21. The number of unbranched alkanes of at least 4 members (excludes halogenated alkanes) is 9. The van der Waals surface area contributed by atoms with Gasteiger partial charge in [0.05, 0.1) is 57.9 Å².